The highest BCUT2D eigenvalue weighted by atomic mass is 32.2. The predicted molar refractivity (Wildman–Crippen MR) is 93.1 cm³/mol. The molecule has 0 N–H and O–H groups in total. The van der Waals surface area contributed by atoms with Crippen molar-refractivity contribution in [3.63, 3.8) is 0 Å². The summed E-state index contributed by atoms with van der Waals surface area (Å²) in [5.74, 6) is 4.50. The highest BCUT2D eigenvalue weighted by Gasteiger charge is 2.27. The molecule has 0 spiro atoms. The molecule has 0 radical (unpaired) electrons. The third kappa shape index (κ3) is 4.71. The van der Waals surface area contributed by atoms with Gasteiger partial charge in [0, 0.05) is 5.25 Å². The Morgan fingerprint density at radius 1 is 1.19 bits per heavy atom. The van der Waals surface area contributed by atoms with E-state index in [0.717, 1.165) is 17.9 Å². The third-order valence-electron chi connectivity index (χ3n) is 4.03. The lowest BCUT2D eigenvalue weighted by molar-refractivity contribution is 0.161. The average molecular weight is 302 g/mol. The minimum absolute atomic E-state index is 0.189. The molecule has 1 aliphatic carbocycles. The Bertz CT molecular complexity index is 478. The molecule has 21 heavy (non-hydrogen) atoms. The van der Waals surface area contributed by atoms with E-state index in [0.29, 0.717) is 11.4 Å². The van der Waals surface area contributed by atoms with Gasteiger partial charge in [-0.05, 0) is 42.4 Å². The SMILES string of the molecule is C#CCSC1CCCCC1Oc1ccc(C(C)(C)C)cc1. The molecule has 1 aliphatic rings. The number of hydrogen-bond acceptors (Lipinski definition) is 2. The maximum absolute atomic E-state index is 6.24. The summed E-state index contributed by atoms with van der Waals surface area (Å²) in [4.78, 5) is 0. The zero-order chi connectivity index (χ0) is 15.3. The number of terminal acetylenes is 1. The lowest BCUT2D eigenvalue weighted by Crippen LogP contribution is -2.32. The van der Waals surface area contributed by atoms with E-state index in [-0.39, 0.29) is 5.41 Å². The summed E-state index contributed by atoms with van der Waals surface area (Å²) in [5, 5.41) is 0.539. The fourth-order valence-corrected chi connectivity index (χ4v) is 3.80. The predicted octanol–water partition coefficient (Wildman–Crippen LogP) is 5.04. The molecule has 0 saturated heterocycles. The van der Waals surface area contributed by atoms with Crippen LogP contribution in [0.3, 0.4) is 0 Å². The van der Waals surface area contributed by atoms with E-state index in [9.17, 15) is 0 Å². The van der Waals surface area contributed by atoms with Gasteiger partial charge in [0.15, 0.2) is 0 Å². The Morgan fingerprint density at radius 3 is 2.48 bits per heavy atom. The summed E-state index contributed by atoms with van der Waals surface area (Å²) in [7, 11) is 0. The Labute approximate surface area is 133 Å². The maximum Gasteiger partial charge on any atom is 0.119 e. The molecule has 1 nitrogen and oxygen atoms in total. The lowest BCUT2D eigenvalue weighted by Gasteiger charge is -2.31. The van der Waals surface area contributed by atoms with Crippen LogP contribution in [0.15, 0.2) is 24.3 Å². The van der Waals surface area contributed by atoms with Gasteiger partial charge < -0.3 is 4.74 Å². The molecule has 1 aromatic rings. The molecule has 1 fully saturated rings. The quantitative estimate of drug-likeness (QED) is 0.721. The van der Waals surface area contributed by atoms with Crippen molar-refractivity contribution in [3.05, 3.63) is 29.8 Å². The summed E-state index contributed by atoms with van der Waals surface area (Å²) in [6.07, 6.45) is 10.6. The highest BCUT2D eigenvalue weighted by Crippen LogP contribution is 2.32. The van der Waals surface area contributed by atoms with E-state index in [2.05, 4.69) is 51.0 Å². The second kappa shape index (κ2) is 7.27. The first-order chi connectivity index (χ1) is 10.0. The first kappa shape index (κ1) is 16.3. The Hall–Kier alpha value is -1.07. The summed E-state index contributed by atoms with van der Waals surface area (Å²) < 4.78 is 6.24. The van der Waals surface area contributed by atoms with Gasteiger partial charge in [0.2, 0.25) is 0 Å². The molecule has 0 heterocycles. The molecule has 0 amide bonds. The van der Waals surface area contributed by atoms with Gasteiger partial charge in [-0.1, -0.05) is 45.2 Å². The van der Waals surface area contributed by atoms with E-state index in [4.69, 9.17) is 11.2 Å². The fourth-order valence-electron chi connectivity index (χ4n) is 2.75. The fraction of sp³-hybridized carbons (Fsp3) is 0.579. The van der Waals surface area contributed by atoms with Gasteiger partial charge in [0.05, 0.1) is 5.75 Å². The topological polar surface area (TPSA) is 9.23 Å². The summed E-state index contributed by atoms with van der Waals surface area (Å²) >= 11 is 1.87. The summed E-state index contributed by atoms with van der Waals surface area (Å²) in [6.45, 7) is 6.70. The number of rotatable bonds is 4. The summed E-state index contributed by atoms with van der Waals surface area (Å²) in [6, 6.07) is 8.58. The summed E-state index contributed by atoms with van der Waals surface area (Å²) in [5.41, 5.74) is 1.53. The molecule has 2 atom stereocenters. The second-order valence-corrected chi connectivity index (χ2v) is 8.00. The van der Waals surface area contributed by atoms with Crippen molar-refractivity contribution < 1.29 is 4.74 Å². The molecule has 0 bridgehead atoms. The first-order valence-corrected chi connectivity index (χ1v) is 8.88. The van der Waals surface area contributed by atoms with Crippen molar-refractivity contribution in [2.24, 2.45) is 0 Å². The van der Waals surface area contributed by atoms with Gasteiger partial charge in [-0.15, -0.1) is 18.2 Å². The van der Waals surface area contributed by atoms with Gasteiger partial charge in [-0.2, -0.15) is 0 Å². The largest absolute Gasteiger partial charge is 0.489 e. The second-order valence-electron chi connectivity index (χ2n) is 6.77. The van der Waals surface area contributed by atoms with Crippen LogP contribution in [0.2, 0.25) is 0 Å². The zero-order valence-electron chi connectivity index (χ0n) is 13.4. The molecule has 0 aromatic heterocycles. The third-order valence-corrected chi connectivity index (χ3v) is 5.33. The van der Waals surface area contributed by atoms with E-state index >= 15 is 0 Å². The molecule has 1 aromatic carbocycles. The van der Waals surface area contributed by atoms with Crippen molar-refractivity contribution in [1.29, 1.82) is 0 Å². The van der Waals surface area contributed by atoms with E-state index in [1.54, 1.807) is 0 Å². The van der Waals surface area contributed by atoms with Crippen LogP contribution < -0.4 is 4.74 Å². The van der Waals surface area contributed by atoms with E-state index in [1.807, 2.05) is 11.8 Å². The maximum atomic E-state index is 6.24. The monoisotopic (exact) mass is 302 g/mol. The minimum Gasteiger partial charge on any atom is -0.489 e. The number of benzene rings is 1. The van der Waals surface area contributed by atoms with Crippen LogP contribution in [0.5, 0.6) is 5.75 Å². The molecule has 114 valence electrons. The smallest absolute Gasteiger partial charge is 0.119 e. The number of ether oxygens (including phenoxy) is 1. The molecule has 1 saturated carbocycles. The number of thioether (sulfide) groups is 1. The average Bonchev–Trinajstić information content (AvgIpc) is 2.46. The Balaban J connectivity index is 2.00. The van der Waals surface area contributed by atoms with Crippen LogP contribution >= 0.6 is 11.8 Å². The molecule has 2 heteroatoms. The highest BCUT2D eigenvalue weighted by molar-refractivity contribution is 8.00. The van der Waals surface area contributed by atoms with Crippen LogP contribution in [0.4, 0.5) is 0 Å². The van der Waals surface area contributed by atoms with E-state index in [1.165, 1.54) is 24.8 Å². The molecule has 2 unspecified atom stereocenters. The molecule has 2 rings (SSSR count). The van der Waals surface area contributed by atoms with Gasteiger partial charge in [0.25, 0.3) is 0 Å². The van der Waals surface area contributed by atoms with Crippen molar-refractivity contribution in [1.82, 2.24) is 0 Å². The van der Waals surface area contributed by atoms with Crippen molar-refractivity contribution in [2.75, 3.05) is 5.75 Å². The van der Waals surface area contributed by atoms with Gasteiger partial charge in [0.1, 0.15) is 11.9 Å². The Kier molecular flexibility index (Phi) is 5.65. The van der Waals surface area contributed by atoms with Gasteiger partial charge >= 0.3 is 0 Å². The minimum atomic E-state index is 0.189. The molecular formula is C19H26OS. The van der Waals surface area contributed by atoms with Crippen LogP contribution in [-0.4, -0.2) is 17.1 Å². The van der Waals surface area contributed by atoms with Gasteiger partial charge in [-0.25, -0.2) is 0 Å². The lowest BCUT2D eigenvalue weighted by atomic mass is 9.87. The van der Waals surface area contributed by atoms with Crippen molar-refractivity contribution in [3.8, 4) is 18.1 Å². The molecular weight excluding hydrogens is 276 g/mol. The van der Waals surface area contributed by atoms with Crippen LogP contribution in [0, 0.1) is 12.3 Å². The first-order valence-electron chi connectivity index (χ1n) is 7.83. The molecule has 0 aliphatic heterocycles. The Morgan fingerprint density at radius 2 is 1.86 bits per heavy atom. The standard InChI is InChI=1S/C19H26OS/c1-5-14-21-18-9-7-6-8-17(18)20-16-12-10-15(11-13-16)19(2,3)4/h1,10-13,17-18H,6-9,14H2,2-4H3. The van der Waals surface area contributed by atoms with E-state index < -0.39 is 0 Å². The van der Waals surface area contributed by atoms with Crippen molar-refractivity contribution >= 4 is 11.8 Å². The van der Waals surface area contributed by atoms with Crippen LogP contribution in [0.1, 0.15) is 52.0 Å². The van der Waals surface area contributed by atoms with Gasteiger partial charge in [-0.3, -0.25) is 0 Å². The zero-order valence-corrected chi connectivity index (χ0v) is 14.2. The van der Waals surface area contributed by atoms with Crippen LogP contribution in [0.25, 0.3) is 0 Å². The number of hydrogen-bond donors (Lipinski definition) is 0. The van der Waals surface area contributed by atoms with Crippen LogP contribution in [-0.2, 0) is 5.41 Å². The normalized spacial score (nSPS) is 22.6. The van der Waals surface area contributed by atoms with Crippen molar-refractivity contribution in [2.45, 2.75) is 63.2 Å².